The molecule has 0 spiro atoms. The lowest BCUT2D eigenvalue weighted by molar-refractivity contribution is 0.0643. The second-order valence-electron chi connectivity index (χ2n) is 8.28. The average molecular weight is 381 g/mol. The SMILES string of the molecule is CN(C)CCNc1cc2c(c3oc4ccccc4c(=O)c13)CC(N)C(C)(C)O2. The van der Waals surface area contributed by atoms with E-state index in [0.717, 1.165) is 23.5 Å². The second-order valence-corrected chi connectivity index (χ2v) is 8.28. The summed E-state index contributed by atoms with van der Waals surface area (Å²) in [6.45, 7) is 5.52. The fraction of sp³-hybridized carbons (Fsp3) is 0.409. The van der Waals surface area contributed by atoms with Crippen LogP contribution in [0.25, 0.3) is 21.9 Å². The number of hydrogen-bond acceptors (Lipinski definition) is 6. The average Bonchev–Trinajstić information content (AvgIpc) is 2.63. The summed E-state index contributed by atoms with van der Waals surface area (Å²) in [5.41, 5.74) is 8.58. The lowest BCUT2D eigenvalue weighted by Crippen LogP contribution is -2.51. The summed E-state index contributed by atoms with van der Waals surface area (Å²) in [5.74, 6) is 0.727. The Labute approximate surface area is 164 Å². The standard InChI is InChI=1S/C22H27N3O3/c1-22(2)18(23)11-14-17(28-22)12-15(24-9-10-25(3)4)19-20(26)13-7-5-6-8-16(13)27-21(14)19/h5-8,12,18,24H,9-11,23H2,1-4H3. The predicted octanol–water partition coefficient (Wildman–Crippen LogP) is 2.96. The minimum absolute atomic E-state index is 0.0367. The van der Waals surface area contributed by atoms with Crippen LogP contribution in [-0.4, -0.2) is 43.7 Å². The highest BCUT2D eigenvalue weighted by molar-refractivity contribution is 6.00. The molecule has 4 rings (SSSR count). The van der Waals surface area contributed by atoms with Crippen molar-refractivity contribution in [1.29, 1.82) is 0 Å². The van der Waals surface area contributed by atoms with Gasteiger partial charge in [0, 0.05) is 30.8 Å². The molecule has 0 saturated carbocycles. The summed E-state index contributed by atoms with van der Waals surface area (Å²) in [5, 5.41) is 4.54. The van der Waals surface area contributed by atoms with E-state index in [0.29, 0.717) is 34.9 Å². The van der Waals surface area contributed by atoms with E-state index >= 15 is 0 Å². The maximum atomic E-state index is 13.3. The van der Waals surface area contributed by atoms with Gasteiger partial charge in [-0.25, -0.2) is 0 Å². The third-order valence-corrected chi connectivity index (χ3v) is 5.48. The van der Waals surface area contributed by atoms with E-state index in [1.807, 2.05) is 52.2 Å². The highest BCUT2D eigenvalue weighted by Crippen LogP contribution is 2.40. The predicted molar refractivity (Wildman–Crippen MR) is 113 cm³/mol. The first-order valence-electron chi connectivity index (χ1n) is 9.62. The molecule has 1 aromatic heterocycles. The number of ether oxygens (including phenoxy) is 1. The van der Waals surface area contributed by atoms with Gasteiger partial charge in [0.05, 0.1) is 16.5 Å². The summed E-state index contributed by atoms with van der Waals surface area (Å²) in [4.78, 5) is 15.4. The molecule has 0 amide bonds. The van der Waals surface area contributed by atoms with Crippen LogP contribution in [0.1, 0.15) is 19.4 Å². The fourth-order valence-corrected chi connectivity index (χ4v) is 3.66. The molecule has 3 aromatic rings. The molecule has 1 unspecified atom stereocenters. The van der Waals surface area contributed by atoms with Gasteiger partial charge in [-0.1, -0.05) is 12.1 Å². The minimum atomic E-state index is -0.487. The van der Waals surface area contributed by atoms with Crippen molar-refractivity contribution in [2.24, 2.45) is 5.73 Å². The third-order valence-electron chi connectivity index (χ3n) is 5.48. The van der Waals surface area contributed by atoms with Gasteiger partial charge in [-0.15, -0.1) is 0 Å². The number of rotatable bonds is 4. The Balaban J connectivity index is 1.98. The molecule has 6 heteroatoms. The van der Waals surface area contributed by atoms with Gasteiger partial charge in [0.2, 0.25) is 5.43 Å². The Bertz CT molecular complexity index is 1100. The van der Waals surface area contributed by atoms with E-state index in [9.17, 15) is 4.79 Å². The number of likely N-dealkylation sites (N-methyl/N-ethyl adjacent to an activating group) is 1. The van der Waals surface area contributed by atoms with Crippen molar-refractivity contribution in [3.63, 3.8) is 0 Å². The molecule has 2 heterocycles. The first-order valence-corrected chi connectivity index (χ1v) is 9.62. The van der Waals surface area contributed by atoms with Crippen LogP contribution in [-0.2, 0) is 6.42 Å². The Morgan fingerprint density at radius 1 is 1.29 bits per heavy atom. The number of nitrogens with one attached hydrogen (secondary N) is 1. The molecule has 3 N–H and O–H groups in total. The molecule has 0 bridgehead atoms. The fourth-order valence-electron chi connectivity index (χ4n) is 3.66. The molecule has 0 saturated heterocycles. The summed E-state index contributed by atoms with van der Waals surface area (Å²) in [7, 11) is 4.03. The topological polar surface area (TPSA) is 80.7 Å². The van der Waals surface area contributed by atoms with Crippen LogP contribution in [0, 0.1) is 0 Å². The van der Waals surface area contributed by atoms with Crippen molar-refractivity contribution >= 4 is 27.6 Å². The monoisotopic (exact) mass is 381 g/mol. The maximum absolute atomic E-state index is 13.3. The number of para-hydroxylation sites is 1. The molecule has 1 aliphatic rings. The first kappa shape index (κ1) is 18.8. The van der Waals surface area contributed by atoms with Gasteiger partial charge in [0.1, 0.15) is 22.5 Å². The van der Waals surface area contributed by atoms with Crippen LogP contribution in [0.15, 0.2) is 39.5 Å². The molecular weight excluding hydrogens is 354 g/mol. The van der Waals surface area contributed by atoms with Crippen LogP contribution in [0.2, 0.25) is 0 Å². The van der Waals surface area contributed by atoms with Crippen molar-refractivity contribution in [2.75, 3.05) is 32.5 Å². The number of nitrogens with zero attached hydrogens (tertiary/aromatic N) is 1. The Morgan fingerprint density at radius 2 is 2.04 bits per heavy atom. The lowest BCUT2D eigenvalue weighted by atomic mass is 9.88. The van der Waals surface area contributed by atoms with E-state index in [1.165, 1.54) is 0 Å². The summed E-state index contributed by atoms with van der Waals surface area (Å²) >= 11 is 0. The molecule has 0 aliphatic carbocycles. The molecule has 1 atom stereocenters. The molecule has 28 heavy (non-hydrogen) atoms. The zero-order chi connectivity index (χ0) is 20.1. The highest BCUT2D eigenvalue weighted by atomic mass is 16.5. The number of fused-ring (bicyclic) bond motifs is 4. The normalized spacial score (nSPS) is 18.3. The summed E-state index contributed by atoms with van der Waals surface area (Å²) in [6, 6.07) is 9.08. The Kier molecular flexibility index (Phi) is 4.56. The maximum Gasteiger partial charge on any atom is 0.202 e. The van der Waals surface area contributed by atoms with E-state index < -0.39 is 5.60 Å². The van der Waals surface area contributed by atoms with Gasteiger partial charge in [-0.3, -0.25) is 4.79 Å². The van der Waals surface area contributed by atoms with E-state index in [-0.39, 0.29) is 11.5 Å². The van der Waals surface area contributed by atoms with Gasteiger partial charge >= 0.3 is 0 Å². The van der Waals surface area contributed by atoms with E-state index in [4.69, 9.17) is 14.9 Å². The zero-order valence-electron chi connectivity index (χ0n) is 16.8. The van der Waals surface area contributed by atoms with Crippen LogP contribution in [0.3, 0.4) is 0 Å². The Morgan fingerprint density at radius 3 is 2.79 bits per heavy atom. The van der Waals surface area contributed by atoms with Crippen molar-refractivity contribution in [3.05, 3.63) is 46.1 Å². The highest BCUT2D eigenvalue weighted by Gasteiger charge is 2.36. The second kappa shape index (κ2) is 6.79. The van der Waals surface area contributed by atoms with Gasteiger partial charge in [0.15, 0.2) is 0 Å². The Hall–Kier alpha value is -2.57. The molecule has 0 fully saturated rings. The van der Waals surface area contributed by atoms with Crippen molar-refractivity contribution in [3.8, 4) is 5.75 Å². The van der Waals surface area contributed by atoms with E-state index in [1.54, 1.807) is 6.07 Å². The third kappa shape index (κ3) is 3.12. The zero-order valence-corrected chi connectivity index (χ0v) is 16.8. The number of hydrogen-bond donors (Lipinski definition) is 2. The number of nitrogens with two attached hydrogens (primary N) is 1. The molecule has 2 aromatic carbocycles. The van der Waals surface area contributed by atoms with Gasteiger partial charge in [-0.2, -0.15) is 0 Å². The summed E-state index contributed by atoms with van der Waals surface area (Å²) in [6.07, 6.45) is 0.595. The van der Waals surface area contributed by atoms with Crippen molar-refractivity contribution < 1.29 is 9.15 Å². The van der Waals surface area contributed by atoms with Crippen LogP contribution in [0.4, 0.5) is 5.69 Å². The summed E-state index contributed by atoms with van der Waals surface area (Å²) < 4.78 is 12.4. The largest absolute Gasteiger partial charge is 0.486 e. The van der Waals surface area contributed by atoms with Crippen LogP contribution in [0.5, 0.6) is 5.75 Å². The van der Waals surface area contributed by atoms with Crippen LogP contribution >= 0.6 is 0 Å². The van der Waals surface area contributed by atoms with E-state index in [2.05, 4.69) is 10.2 Å². The minimum Gasteiger partial charge on any atom is -0.486 e. The van der Waals surface area contributed by atoms with Gasteiger partial charge in [-0.05, 0) is 46.5 Å². The molecule has 0 radical (unpaired) electrons. The molecular formula is C22H27N3O3. The lowest BCUT2D eigenvalue weighted by Gasteiger charge is -2.38. The number of anilines is 1. The van der Waals surface area contributed by atoms with Crippen LogP contribution < -0.4 is 21.2 Å². The van der Waals surface area contributed by atoms with Crippen molar-refractivity contribution in [1.82, 2.24) is 4.90 Å². The molecule has 148 valence electrons. The van der Waals surface area contributed by atoms with Gasteiger partial charge < -0.3 is 25.1 Å². The molecule has 6 nitrogen and oxygen atoms in total. The van der Waals surface area contributed by atoms with Crippen molar-refractivity contribution in [2.45, 2.75) is 31.9 Å². The number of benzene rings is 2. The quantitative estimate of drug-likeness (QED) is 0.677. The molecule has 1 aliphatic heterocycles. The van der Waals surface area contributed by atoms with Gasteiger partial charge in [0.25, 0.3) is 0 Å². The first-order chi connectivity index (χ1) is 13.3. The smallest absolute Gasteiger partial charge is 0.202 e.